The Morgan fingerprint density at radius 3 is 2.73 bits per heavy atom. The maximum Gasteiger partial charge on any atom is 0.350 e. The Kier molecular flexibility index (Phi) is 7.11. The molecule has 0 bridgehead atoms. The monoisotopic (exact) mass is 575 g/mol. The lowest BCUT2D eigenvalue weighted by Crippen LogP contribution is -2.31. The van der Waals surface area contributed by atoms with Crippen LogP contribution in [0.25, 0.3) is 11.0 Å². The number of thiazole rings is 1. The standard InChI is InChI=1S/C28H21N3O9S/c1-4-11-39-27(35)25-14(2)29-28(41-25)30-21(15-7-5-9-17(12-15)31(36)37)20(23(33)26(30)34)22(32)19-13-16-8-6-10-18(38-3)24(16)40-19/h4-10,12-13,21,33H,1,11H2,2-3H3. The van der Waals surface area contributed by atoms with Crippen molar-refractivity contribution in [3.8, 4) is 5.75 Å². The van der Waals surface area contributed by atoms with Gasteiger partial charge < -0.3 is 19.0 Å². The first kappa shape index (κ1) is 27.3. The number of ether oxygens (including phenoxy) is 2. The second kappa shape index (κ2) is 10.7. The summed E-state index contributed by atoms with van der Waals surface area (Å²) in [6.07, 6.45) is 1.39. The van der Waals surface area contributed by atoms with Crippen molar-refractivity contribution in [1.82, 2.24) is 4.98 Å². The van der Waals surface area contributed by atoms with E-state index in [1.807, 2.05) is 0 Å². The number of aromatic nitrogens is 1. The SMILES string of the molecule is C=CCOC(=O)c1sc(N2C(=O)C(O)=C(C(=O)c3cc4cccc(OC)c4o3)C2c2cccc([N+](=O)[O-])c2)nc1C. The van der Waals surface area contributed by atoms with Gasteiger partial charge in [-0.2, -0.15) is 0 Å². The molecule has 13 heteroatoms. The van der Waals surface area contributed by atoms with Crippen LogP contribution in [0.2, 0.25) is 0 Å². The van der Waals surface area contributed by atoms with Gasteiger partial charge in [-0.3, -0.25) is 24.6 Å². The van der Waals surface area contributed by atoms with Gasteiger partial charge in [0.2, 0.25) is 5.78 Å². The molecule has 1 N–H and O–H groups in total. The number of carbonyl (C=O) groups is 3. The number of non-ortho nitro benzene ring substituents is 1. The Morgan fingerprint density at radius 2 is 2.02 bits per heavy atom. The molecule has 3 heterocycles. The van der Waals surface area contributed by atoms with E-state index in [0.717, 1.165) is 16.2 Å². The number of rotatable bonds is 9. The number of amides is 1. The number of benzene rings is 2. The minimum absolute atomic E-state index is 0.0322. The van der Waals surface area contributed by atoms with Crippen molar-refractivity contribution in [3.63, 3.8) is 0 Å². The molecular formula is C28H21N3O9S. The van der Waals surface area contributed by atoms with Crippen LogP contribution in [0.3, 0.4) is 0 Å². The lowest BCUT2D eigenvalue weighted by atomic mass is 9.95. The highest BCUT2D eigenvalue weighted by molar-refractivity contribution is 7.17. The molecule has 1 amide bonds. The van der Waals surface area contributed by atoms with Crippen LogP contribution in [0.4, 0.5) is 10.8 Å². The molecule has 5 rings (SSSR count). The number of aliphatic hydroxyl groups excluding tert-OH is 1. The highest BCUT2D eigenvalue weighted by Crippen LogP contribution is 2.45. The van der Waals surface area contributed by atoms with Crippen molar-refractivity contribution < 1.29 is 38.3 Å². The number of ketones is 1. The first-order valence-corrected chi connectivity index (χ1v) is 12.9. The fourth-order valence-electron chi connectivity index (χ4n) is 4.47. The summed E-state index contributed by atoms with van der Waals surface area (Å²) >= 11 is 0.811. The number of esters is 1. The minimum atomic E-state index is -1.34. The molecule has 0 fully saturated rings. The highest BCUT2D eigenvalue weighted by Gasteiger charge is 2.47. The molecule has 1 aliphatic heterocycles. The van der Waals surface area contributed by atoms with Crippen LogP contribution in [-0.4, -0.2) is 46.4 Å². The maximum absolute atomic E-state index is 13.9. The van der Waals surface area contributed by atoms with Crippen molar-refractivity contribution in [3.05, 3.63) is 105 Å². The summed E-state index contributed by atoms with van der Waals surface area (Å²) in [5.41, 5.74) is -0.00180. The fourth-order valence-corrected chi connectivity index (χ4v) is 5.46. The molecule has 0 saturated heterocycles. The zero-order valence-corrected chi connectivity index (χ0v) is 22.5. The second-order valence-electron chi connectivity index (χ2n) is 8.81. The van der Waals surface area contributed by atoms with E-state index in [-0.39, 0.29) is 50.5 Å². The van der Waals surface area contributed by atoms with Crippen LogP contribution in [0, 0.1) is 17.0 Å². The number of anilines is 1. The number of furan rings is 1. The quantitative estimate of drug-likeness (QED) is 0.0918. The van der Waals surface area contributed by atoms with Gasteiger partial charge in [-0.15, -0.1) is 0 Å². The Labute approximate surface area is 235 Å². The number of hydrogen-bond acceptors (Lipinski definition) is 11. The molecule has 0 aliphatic carbocycles. The van der Waals surface area contributed by atoms with E-state index in [2.05, 4.69) is 11.6 Å². The van der Waals surface area contributed by atoms with Gasteiger partial charge in [-0.25, -0.2) is 9.78 Å². The molecule has 0 spiro atoms. The van der Waals surface area contributed by atoms with Gasteiger partial charge in [0.15, 0.2) is 28.0 Å². The summed E-state index contributed by atoms with van der Waals surface area (Å²) in [7, 11) is 1.44. The third-order valence-electron chi connectivity index (χ3n) is 6.31. The molecule has 41 heavy (non-hydrogen) atoms. The molecule has 0 radical (unpaired) electrons. The van der Waals surface area contributed by atoms with Crippen LogP contribution < -0.4 is 9.64 Å². The number of nitrogens with zero attached hydrogens (tertiary/aromatic N) is 3. The molecule has 0 saturated carbocycles. The molecule has 208 valence electrons. The highest BCUT2D eigenvalue weighted by atomic mass is 32.1. The van der Waals surface area contributed by atoms with Crippen LogP contribution in [-0.2, 0) is 9.53 Å². The Bertz CT molecular complexity index is 1790. The first-order chi connectivity index (χ1) is 19.7. The van der Waals surface area contributed by atoms with E-state index in [1.165, 1.54) is 50.4 Å². The second-order valence-corrected chi connectivity index (χ2v) is 9.79. The number of aryl methyl sites for hydroxylation is 1. The van der Waals surface area contributed by atoms with Crippen molar-refractivity contribution in [2.24, 2.45) is 0 Å². The maximum atomic E-state index is 13.9. The topological polar surface area (TPSA) is 162 Å². The molecule has 2 aromatic carbocycles. The van der Waals surface area contributed by atoms with Crippen LogP contribution in [0.5, 0.6) is 5.75 Å². The number of carbonyl (C=O) groups excluding carboxylic acids is 3. The number of aliphatic hydroxyl groups is 1. The number of methoxy groups -OCH3 is 1. The zero-order valence-electron chi connectivity index (χ0n) is 21.7. The van der Waals surface area contributed by atoms with Crippen molar-refractivity contribution in [2.45, 2.75) is 13.0 Å². The van der Waals surface area contributed by atoms with Gasteiger partial charge in [-0.1, -0.05) is 48.3 Å². The van der Waals surface area contributed by atoms with E-state index in [0.29, 0.717) is 11.1 Å². The Hall–Kier alpha value is -5.30. The lowest BCUT2D eigenvalue weighted by molar-refractivity contribution is -0.384. The van der Waals surface area contributed by atoms with Gasteiger partial charge in [0, 0.05) is 17.5 Å². The van der Waals surface area contributed by atoms with Gasteiger partial charge >= 0.3 is 5.97 Å². The average Bonchev–Trinajstić information content (AvgIpc) is 3.65. The number of fused-ring (bicyclic) bond motifs is 1. The van der Waals surface area contributed by atoms with E-state index < -0.39 is 34.4 Å². The van der Waals surface area contributed by atoms with Crippen LogP contribution >= 0.6 is 11.3 Å². The molecule has 1 unspecified atom stereocenters. The number of nitro benzene ring substituents is 1. The molecule has 1 aliphatic rings. The normalized spacial score (nSPS) is 14.9. The number of hydrogen-bond donors (Lipinski definition) is 1. The lowest BCUT2D eigenvalue weighted by Gasteiger charge is -2.24. The third-order valence-corrected chi connectivity index (χ3v) is 7.45. The largest absolute Gasteiger partial charge is 0.503 e. The predicted octanol–water partition coefficient (Wildman–Crippen LogP) is 5.24. The molecule has 12 nitrogen and oxygen atoms in total. The summed E-state index contributed by atoms with van der Waals surface area (Å²) in [4.78, 5) is 56.3. The van der Waals surface area contributed by atoms with Crippen LogP contribution in [0.1, 0.15) is 37.5 Å². The van der Waals surface area contributed by atoms with Gasteiger partial charge in [0.05, 0.1) is 29.3 Å². The minimum Gasteiger partial charge on any atom is -0.503 e. The molecule has 1 atom stereocenters. The van der Waals surface area contributed by atoms with Gasteiger partial charge in [0.1, 0.15) is 11.5 Å². The average molecular weight is 576 g/mol. The summed E-state index contributed by atoms with van der Waals surface area (Å²) in [5, 5.41) is 23.1. The van der Waals surface area contributed by atoms with Crippen molar-refractivity contribution in [1.29, 1.82) is 0 Å². The summed E-state index contributed by atoms with van der Waals surface area (Å²) < 4.78 is 16.2. The first-order valence-electron chi connectivity index (χ1n) is 12.0. The summed E-state index contributed by atoms with van der Waals surface area (Å²) in [6.45, 7) is 4.99. The number of Topliss-reactive ketones (excluding diaryl/α,β-unsaturated/α-hetero) is 1. The number of nitro groups is 1. The molecule has 4 aromatic rings. The van der Waals surface area contributed by atoms with E-state index in [1.54, 1.807) is 18.2 Å². The van der Waals surface area contributed by atoms with E-state index in [9.17, 15) is 29.6 Å². The molecule has 2 aromatic heterocycles. The van der Waals surface area contributed by atoms with E-state index >= 15 is 0 Å². The van der Waals surface area contributed by atoms with Gasteiger partial charge in [-0.05, 0) is 24.6 Å². The number of para-hydroxylation sites is 1. The summed E-state index contributed by atoms with van der Waals surface area (Å²) in [6, 6.07) is 10.5. The Balaban J connectivity index is 1.65. The van der Waals surface area contributed by atoms with Crippen molar-refractivity contribution in [2.75, 3.05) is 18.6 Å². The van der Waals surface area contributed by atoms with Crippen molar-refractivity contribution >= 4 is 50.8 Å². The van der Waals surface area contributed by atoms with Crippen LogP contribution in [0.15, 0.2) is 76.9 Å². The van der Waals surface area contributed by atoms with E-state index in [4.69, 9.17) is 13.9 Å². The smallest absolute Gasteiger partial charge is 0.350 e. The summed E-state index contributed by atoms with van der Waals surface area (Å²) in [5.74, 6) is -3.23. The molecular weight excluding hydrogens is 554 g/mol. The third kappa shape index (κ3) is 4.72. The zero-order chi connectivity index (χ0) is 29.4. The predicted molar refractivity (Wildman–Crippen MR) is 147 cm³/mol. The van der Waals surface area contributed by atoms with Gasteiger partial charge in [0.25, 0.3) is 11.6 Å². The Morgan fingerprint density at radius 1 is 1.27 bits per heavy atom. The fraction of sp³-hybridized carbons (Fsp3) is 0.143.